The van der Waals surface area contributed by atoms with Crippen LogP contribution in [0, 0.1) is 13.8 Å². The van der Waals surface area contributed by atoms with E-state index in [1.54, 1.807) is 12.1 Å². The second kappa shape index (κ2) is 6.37. The van der Waals surface area contributed by atoms with Crippen molar-refractivity contribution in [1.82, 2.24) is 15.5 Å². The van der Waals surface area contributed by atoms with Gasteiger partial charge in [0.1, 0.15) is 5.56 Å². The topological polar surface area (TPSA) is 67.0 Å². The minimum Gasteiger partial charge on any atom is -0.494 e. The molecule has 2 rings (SSSR count). The van der Waals surface area contributed by atoms with Gasteiger partial charge >= 0.3 is 0 Å². The first-order chi connectivity index (χ1) is 9.95. The predicted molar refractivity (Wildman–Crippen MR) is 82.2 cm³/mol. The molecule has 1 amide bonds. The van der Waals surface area contributed by atoms with Crippen LogP contribution in [0.15, 0.2) is 12.1 Å². The van der Waals surface area contributed by atoms with Gasteiger partial charge in [-0.3, -0.25) is 9.89 Å². The summed E-state index contributed by atoms with van der Waals surface area (Å²) in [5.74, 6) is -0.0818. The van der Waals surface area contributed by atoms with E-state index >= 15 is 0 Å². The number of aromatic amines is 1. The maximum absolute atomic E-state index is 12.4. The lowest BCUT2D eigenvalue weighted by Gasteiger charge is -2.12. The third-order valence-corrected chi connectivity index (χ3v) is 3.81. The number of amides is 1. The third kappa shape index (κ3) is 3.14. The highest BCUT2D eigenvalue weighted by Crippen LogP contribution is 2.33. The molecule has 21 heavy (non-hydrogen) atoms. The van der Waals surface area contributed by atoms with Crippen molar-refractivity contribution < 1.29 is 9.53 Å². The molecular weight excluding hydrogens is 313 g/mol. The maximum Gasteiger partial charge on any atom is 0.256 e. The minimum absolute atomic E-state index is 0.227. The summed E-state index contributed by atoms with van der Waals surface area (Å²) in [7, 11) is 1.44. The second-order valence-corrected chi connectivity index (χ2v) is 5.35. The summed E-state index contributed by atoms with van der Waals surface area (Å²) in [5.41, 5.74) is 2.93. The lowest BCUT2D eigenvalue weighted by atomic mass is 10.1. The van der Waals surface area contributed by atoms with Gasteiger partial charge in [-0.05, 0) is 26.0 Å². The van der Waals surface area contributed by atoms with Crippen molar-refractivity contribution in [3.8, 4) is 5.75 Å². The van der Waals surface area contributed by atoms with Crippen LogP contribution in [0.4, 0.5) is 0 Å². The lowest BCUT2D eigenvalue weighted by Crippen LogP contribution is -2.24. The molecule has 0 bridgehead atoms. The van der Waals surface area contributed by atoms with E-state index in [-0.39, 0.29) is 22.2 Å². The summed E-state index contributed by atoms with van der Waals surface area (Å²) in [5, 5.41) is 10.4. The number of aryl methyl sites for hydroxylation is 2. The fourth-order valence-electron chi connectivity index (χ4n) is 2.04. The first kappa shape index (κ1) is 15.7. The molecule has 1 heterocycles. The van der Waals surface area contributed by atoms with Crippen molar-refractivity contribution in [2.24, 2.45) is 0 Å². The Morgan fingerprint density at radius 1 is 1.33 bits per heavy atom. The largest absolute Gasteiger partial charge is 0.494 e. The SMILES string of the molecule is COc1c(Cl)ccc(Cl)c1C(=O)NCc1c(C)n[nH]c1C. The molecule has 0 atom stereocenters. The fourth-order valence-corrected chi connectivity index (χ4v) is 2.51. The Bertz CT molecular complexity index is 664. The number of nitrogens with one attached hydrogen (secondary N) is 2. The molecule has 0 saturated heterocycles. The van der Waals surface area contributed by atoms with Crippen LogP contribution in [0.5, 0.6) is 5.75 Å². The van der Waals surface area contributed by atoms with Crippen LogP contribution in [-0.4, -0.2) is 23.2 Å². The van der Waals surface area contributed by atoms with Crippen molar-refractivity contribution >= 4 is 29.1 Å². The maximum atomic E-state index is 12.4. The van der Waals surface area contributed by atoms with E-state index in [9.17, 15) is 4.79 Å². The molecule has 7 heteroatoms. The zero-order chi connectivity index (χ0) is 15.6. The summed E-state index contributed by atoms with van der Waals surface area (Å²) in [6.07, 6.45) is 0. The molecular formula is C14H15Cl2N3O2. The van der Waals surface area contributed by atoms with Crippen molar-refractivity contribution in [2.75, 3.05) is 7.11 Å². The van der Waals surface area contributed by atoms with Crippen LogP contribution in [0.1, 0.15) is 27.3 Å². The van der Waals surface area contributed by atoms with E-state index in [4.69, 9.17) is 27.9 Å². The first-order valence-corrected chi connectivity index (χ1v) is 7.02. The normalized spacial score (nSPS) is 10.5. The average molecular weight is 328 g/mol. The molecule has 0 aliphatic carbocycles. The molecule has 0 spiro atoms. The van der Waals surface area contributed by atoms with E-state index in [0.717, 1.165) is 17.0 Å². The average Bonchev–Trinajstić information content (AvgIpc) is 2.77. The van der Waals surface area contributed by atoms with E-state index in [2.05, 4.69) is 15.5 Å². The number of methoxy groups -OCH3 is 1. The molecule has 0 saturated carbocycles. The molecule has 112 valence electrons. The molecule has 0 fully saturated rings. The summed E-state index contributed by atoms with van der Waals surface area (Å²) < 4.78 is 5.17. The van der Waals surface area contributed by atoms with Crippen molar-refractivity contribution in [3.05, 3.63) is 44.7 Å². The number of carbonyl (C=O) groups excluding carboxylic acids is 1. The highest BCUT2D eigenvalue weighted by Gasteiger charge is 2.19. The third-order valence-electron chi connectivity index (χ3n) is 3.20. The van der Waals surface area contributed by atoms with Gasteiger partial charge in [-0.15, -0.1) is 0 Å². The van der Waals surface area contributed by atoms with Gasteiger partial charge in [-0.2, -0.15) is 5.10 Å². The molecule has 0 radical (unpaired) electrons. The summed E-state index contributed by atoms with van der Waals surface area (Å²) in [6, 6.07) is 3.15. The summed E-state index contributed by atoms with van der Waals surface area (Å²) >= 11 is 12.1. The van der Waals surface area contributed by atoms with E-state index in [1.807, 2.05) is 13.8 Å². The van der Waals surface area contributed by atoms with Gasteiger partial charge in [0.2, 0.25) is 0 Å². The molecule has 1 aromatic carbocycles. The number of hydrogen-bond donors (Lipinski definition) is 2. The number of aromatic nitrogens is 2. The van der Waals surface area contributed by atoms with Crippen LogP contribution < -0.4 is 10.1 Å². The number of benzene rings is 1. The molecule has 5 nitrogen and oxygen atoms in total. The van der Waals surface area contributed by atoms with Crippen LogP contribution in [0.2, 0.25) is 10.0 Å². The Morgan fingerprint density at radius 2 is 2.00 bits per heavy atom. The molecule has 0 aliphatic heterocycles. The van der Waals surface area contributed by atoms with Gasteiger partial charge in [-0.25, -0.2) is 0 Å². The Balaban J connectivity index is 2.24. The molecule has 2 aromatic rings. The second-order valence-electron chi connectivity index (χ2n) is 4.53. The highest BCUT2D eigenvalue weighted by atomic mass is 35.5. The Labute approximate surface area is 132 Å². The van der Waals surface area contributed by atoms with E-state index < -0.39 is 0 Å². The number of rotatable bonds is 4. The Hall–Kier alpha value is -1.72. The molecule has 0 aliphatic rings. The van der Waals surface area contributed by atoms with Crippen LogP contribution >= 0.6 is 23.2 Å². The number of carbonyl (C=O) groups is 1. The smallest absolute Gasteiger partial charge is 0.256 e. The van der Waals surface area contributed by atoms with Crippen molar-refractivity contribution in [3.63, 3.8) is 0 Å². The number of nitrogens with zero attached hydrogens (tertiary/aromatic N) is 1. The van der Waals surface area contributed by atoms with Gasteiger partial charge in [0, 0.05) is 17.8 Å². The standard InChI is InChI=1S/C14H15Cl2N3O2/c1-7-9(8(2)19-18-7)6-17-14(20)12-10(15)4-5-11(16)13(12)21-3/h4-5H,6H2,1-3H3,(H,17,20)(H,18,19). The number of ether oxygens (including phenoxy) is 1. The Kier molecular flexibility index (Phi) is 4.75. The van der Waals surface area contributed by atoms with Gasteiger partial charge in [0.05, 0.1) is 22.8 Å². The van der Waals surface area contributed by atoms with Gasteiger partial charge in [-0.1, -0.05) is 23.2 Å². The Morgan fingerprint density at radius 3 is 2.57 bits per heavy atom. The van der Waals surface area contributed by atoms with Gasteiger partial charge < -0.3 is 10.1 Å². The highest BCUT2D eigenvalue weighted by molar-refractivity contribution is 6.37. The number of H-pyrrole nitrogens is 1. The summed E-state index contributed by atoms with van der Waals surface area (Å²) in [6.45, 7) is 4.12. The first-order valence-electron chi connectivity index (χ1n) is 6.26. The quantitative estimate of drug-likeness (QED) is 0.905. The zero-order valence-electron chi connectivity index (χ0n) is 11.9. The summed E-state index contributed by atoms with van der Waals surface area (Å²) in [4.78, 5) is 12.4. The minimum atomic E-state index is -0.348. The number of hydrogen-bond acceptors (Lipinski definition) is 3. The zero-order valence-corrected chi connectivity index (χ0v) is 13.4. The van der Waals surface area contributed by atoms with E-state index in [1.165, 1.54) is 7.11 Å². The molecule has 1 aromatic heterocycles. The van der Waals surface area contributed by atoms with Crippen molar-refractivity contribution in [1.29, 1.82) is 0 Å². The number of halogens is 2. The monoisotopic (exact) mass is 327 g/mol. The molecule has 2 N–H and O–H groups in total. The van der Waals surface area contributed by atoms with Gasteiger partial charge in [0.25, 0.3) is 5.91 Å². The van der Waals surface area contributed by atoms with Crippen LogP contribution in [0.3, 0.4) is 0 Å². The van der Waals surface area contributed by atoms with Gasteiger partial charge in [0.15, 0.2) is 5.75 Å². The fraction of sp³-hybridized carbons (Fsp3) is 0.286. The van der Waals surface area contributed by atoms with Crippen LogP contribution in [0.25, 0.3) is 0 Å². The molecule has 0 unspecified atom stereocenters. The van der Waals surface area contributed by atoms with Crippen LogP contribution in [-0.2, 0) is 6.54 Å². The van der Waals surface area contributed by atoms with Crippen molar-refractivity contribution in [2.45, 2.75) is 20.4 Å². The predicted octanol–water partition coefficient (Wildman–Crippen LogP) is 3.27. The van der Waals surface area contributed by atoms with E-state index in [0.29, 0.717) is 11.6 Å². The lowest BCUT2D eigenvalue weighted by molar-refractivity contribution is 0.0948.